The molecule has 116 valence electrons. The van der Waals surface area contributed by atoms with E-state index in [1.54, 1.807) is 0 Å². The quantitative estimate of drug-likeness (QED) is 0.274. The lowest BCUT2D eigenvalue weighted by Gasteiger charge is -2.09. The maximum Gasteiger partial charge on any atom is 0.346 e. The molecule has 0 aliphatic rings. The zero-order valence-electron chi connectivity index (χ0n) is 11.6. The molecule has 0 unspecified atom stereocenters. The third kappa shape index (κ3) is 3.79. The number of halogens is 1. The molecule has 8 heteroatoms. The molecular formula is C14H11BrO7. The number of Topliss-reactive ketones (excluding diaryl/α,β-unsaturated/α-hetero) is 1. The summed E-state index contributed by atoms with van der Waals surface area (Å²) in [5.74, 6) is -5.28. The summed E-state index contributed by atoms with van der Waals surface area (Å²) in [6.45, 7) is 0. The number of hydrogen-bond donors (Lipinski definition) is 1. The molecular weight excluding hydrogens is 360 g/mol. The Bertz CT molecular complexity index is 658. The second kappa shape index (κ2) is 7.51. The van der Waals surface area contributed by atoms with Crippen LogP contribution >= 0.6 is 15.9 Å². The zero-order chi connectivity index (χ0) is 16.9. The number of hydrogen-bond acceptors (Lipinski definition) is 6. The van der Waals surface area contributed by atoms with Crippen LogP contribution in [0.15, 0.2) is 39.9 Å². The van der Waals surface area contributed by atoms with Crippen LogP contribution in [0.5, 0.6) is 0 Å². The first kappa shape index (κ1) is 17.6. The third-order valence-corrected chi connectivity index (χ3v) is 3.11. The van der Waals surface area contributed by atoms with Gasteiger partial charge in [0.1, 0.15) is 5.57 Å². The molecule has 1 rings (SSSR count). The fourth-order valence-corrected chi connectivity index (χ4v) is 1.82. The summed E-state index contributed by atoms with van der Waals surface area (Å²) in [6.07, 6.45) is 0. The molecule has 0 radical (unpaired) electrons. The van der Waals surface area contributed by atoms with E-state index < -0.39 is 34.8 Å². The van der Waals surface area contributed by atoms with Gasteiger partial charge in [-0.1, -0.05) is 15.9 Å². The molecule has 1 aromatic rings. The number of carbonyl (C=O) groups is 4. The highest BCUT2D eigenvalue weighted by molar-refractivity contribution is 9.10. The van der Waals surface area contributed by atoms with Crippen molar-refractivity contribution >= 4 is 39.6 Å². The maximum atomic E-state index is 12.4. The average Bonchev–Trinajstić information content (AvgIpc) is 2.50. The summed E-state index contributed by atoms with van der Waals surface area (Å²) in [7, 11) is 1.90. The Morgan fingerprint density at radius 3 is 1.77 bits per heavy atom. The van der Waals surface area contributed by atoms with Crippen LogP contribution in [0.2, 0.25) is 0 Å². The fraction of sp³-hybridized carbons (Fsp3) is 0.143. The number of rotatable bonds is 5. The van der Waals surface area contributed by atoms with Gasteiger partial charge in [0, 0.05) is 10.0 Å². The Balaban J connectivity index is 3.54. The second-order valence-electron chi connectivity index (χ2n) is 3.87. The van der Waals surface area contributed by atoms with Crippen molar-refractivity contribution < 1.29 is 33.8 Å². The number of carbonyl (C=O) groups excluding carboxylic acids is 3. The van der Waals surface area contributed by atoms with E-state index in [0.717, 1.165) is 14.2 Å². The van der Waals surface area contributed by atoms with Crippen molar-refractivity contribution in [1.82, 2.24) is 0 Å². The number of aliphatic carboxylic acids is 1. The Labute approximate surface area is 133 Å². The minimum atomic E-state index is -1.77. The molecule has 7 nitrogen and oxygen atoms in total. The largest absolute Gasteiger partial charge is 0.477 e. The van der Waals surface area contributed by atoms with Gasteiger partial charge in [0.05, 0.1) is 14.2 Å². The fourth-order valence-electron chi connectivity index (χ4n) is 1.55. The molecule has 0 amide bonds. The molecule has 0 aromatic heterocycles. The van der Waals surface area contributed by atoms with Crippen LogP contribution in [0.3, 0.4) is 0 Å². The Morgan fingerprint density at radius 2 is 1.36 bits per heavy atom. The van der Waals surface area contributed by atoms with Crippen molar-refractivity contribution in [2.75, 3.05) is 14.2 Å². The molecule has 0 fully saturated rings. The first-order valence-electron chi connectivity index (χ1n) is 5.78. The maximum absolute atomic E-state index is 12.4. The van der Waals surface area contributed by atoms with Gasteiger partial charge in [-0.3, -0.25) is 4.79 Å². The first-order chi connectivity index (χ1) is 10.3. The normalized spacial score (nSPS) is 11.2. The lowest BCUT2D eigenvalue weighted by molar-refractivity contribution is -0.144. The van der Waals surface area contributed by atoms with Crippen molar-refractivity contribution in [2.45, 2.75) is 0 Å². The van der Waals surface area contributed by atoms with Gasteiger partial charge in [-0.2, -0.15) is 0 Å². The average molecular weight is 371 g/mol. The lowest BCUT2D eigenvalue weighted by atomic mass is 9.98. The minimum Gasteiger partial charge on any atom is -0.477 e. The van der Waals surface area contributed by atoms with E-state index in [4.69, 9.17) is 5.11 Å². The molecule has 0 aliphatic heterocycles. The van der Waals surface area contributed by atoms with Crippen LogP contribution in [0.1, 0.15) is 10.4 Å². The molecule has 0 heterocycles. The number of carboxylic acids is 1. The highest BCUT2D eigenvalue weighted by Gasteiger charge is 2.33. The highest BCUT2D eigenvalue weighted by Crippen LogP contribution is 2.18. The van der Waals surface area contributed by atoms with E-state index in [9.17, 15) is 19.2 Å². The second-order valence-corrected chi connectivity index (χ2v) is 4.79. The summed E-state index contributed by atoms with van der Waals surface area (Å²) in [5, 5.41) is 9.10. The summed E-state index contributed by atoms with van der Waals surface area (Å²) in [5.41, 5.74) is -1.96. The van der Waals surface area contributed by atoms with Gasteiger partial charge >= 0.3 is 17.9 Å². The third-order valence-electron chi connectivity index (χ3n) is 2.58. The Morgan fingerprint density at radius 1 is 0.909 bits per heavy atom. The smallest absolute Gasteiger partial charge is 0.346 e. The SMILES string of the molecule is COC(=O)/C(C(=O)O)=C(\C(=O)OC)C(=O)c1ccc(Br)cc1. The van der Waals surface area contributed by atoms with Crippen LogP contribution in [-0.4, -0.2) is 43.0 Å². The predicted molar refractivity (Wildman–Crippen MR) is 77.2 cm³/mol. The molecule has 22 heavy (non-hydrogen) atoms. The van der Waals surface area contributed by atoms with E-state index in [1.165, 1.54) is 24.3 Å². The summed E-state index contributed by atoms with van der Waals surface area (Å²) < 4.78 is 9.40. The van der Waals surface area contributed by atoms with Crippen molar-refractivity contribution in [1.29, 1.82) is 0 Å². The van der Waals surface area contributed by atoms with E-state index >= 15 is 0 Å². The molecule has 1 N–H and O–H groups in total. The summed E-state index contributed by atoms with van der Waals surface area (Å²) >= 11 is 3.18. The molecule has 0 saturated heterocycles. The monoisotopic (exact) mass is 370 g/mol. The summed E-state index contributed by atoms with van der Waals surface area (Å²) in [4.78, 5) is 47.0. The molecule has 0 saturated carbocycles. The Kier molecular flexibility index (Phi) is 6.00. The number of methoxy groups -OCH3 is 2. The van der Waals surface area contributed by atoms with Gasteiger partial charge in [-0.15, -0.1) is 0 Å². The Hall–Kier alpha value is -2.48. The van der Waals surface area contributed by atoms with E-state index in [2.05, 4.69) is 25.4 Å². The number of benzene rings is 1. The minimum absolute atomic E-state index is 0.0197. The standard InChI is InChI=1S/C14H11BrO7/c1-21-13(19)9(10(12(17)18)14(20)22-2)11(16)7-3-5-8(15)6-4-7/h3-6H,1-2H3,(H,17,18)/b10-9-. The van der Waals surface area contributed by atoms with E-state index in [-0.39, 0.29) is 5.56 Å². The van der Waals surface area contributed by atoms with Crippen LogP contribution in [0, 0.1) is 0 Å². The molecule has 0 spiro atoms. The van der Waals surface area contributed by atoms with Crippen molar-refractivity contribution in [3.05, 3.63) is 45.4 Å². The summed E-state index contributed by atoms with van der Waals surface area (Å²) in [6, 6.07) is 5.79. The number of ether oxygens (including phenoxy) is 2. The van der Waals surface area contributed by atoms with Gasteiger partial charge in [0.25, 0.3) is 0 Å². The first-order valence-corrected chi connectivity index (χ1v) is 6.57. The van der Waals surface area contributed by atoms with Crippen molar-refractivity contribution in [2.24, 2.45) is 0 Å². The zero-order valence-corrected chi connectivity index (χ0v) is 13.2. The van der Waals surface area contributed by atoms with E-state index in [1.807, 2.05) is 0 Å². The molecule has 0 atom stereocenters. The lowest BCUT2D eigenvalue weighted by Crippen LogP contribution is -2.25. The number of ketones is 1. The molecule has 0 aliphatic carbocycles. The van der Waals surface area contributed by atoms with Gasteiger partial charge < -0.3 is 14.6 Å². The van der Waals surface area contributed by atoms with E-state index in [0.29, 0.717) is 4.47 Å². The topological polar surface area (TPSA) is 107 Å². The van der Waals surface area contributed by atoms with Crippen LogP contribution in [0.25, 0.3) is 0 Å². The van der Waals surface area contributed by atoms with Gasteiger partial charge in [0.2, 0.25) is 5.78 Å². The van der Waals surface area contributed by atoms with Crippen LogP contribution < -0.4 is 0 Å². The van der Waals surface area contributed by atoms with Crippen molar-refractivity contribution in [3.8, 4) is 0 Å². The van der Waals surface area contributed by atoms with Gasteiger partial charge in [-0.05, 0) is 24.3 Å². The number of esters is 2. The molecule has 0 bridgehead atoms. The van der Waals surface area contributed by atoms with Gasteiger partial charge in [-0.25, -0.2) is 14.4 Å². The van der Waals surface area contributed by atoms with Gasteiger partial charge in [0.15, 0.2) is 5.57 Å². The number of carboxylic acid groups (broad SMARTS) is 1. The molecule has 1 aromatic carbocycles. The highest BCUT2D eigenvalue weighted by atomic mass is 79.9. The van der Waals surface area contributed by atoms with Crippen LogP contribution in [0.4, 0.5) is 0 Å². The van der Waals surface area contributed by atoms with Crippen molar-refractivity contribution in [3.63, 3.8) is 0 Å². The van der Waals surface area contributed by atoms with Crippen LogP contribution in [-0.2, 0) is 23.9 Å². The predicted octanol–water partition coefficient (Wildman–Crippen LogP) is 1.36.